The predicted molar refractivity (Wildman–Crippen MR) is 93.1 cm³/mol. The van der Waals surface area contributed by atoms with Crippen LogP contribution in [0.5, 0.6) is 0 Å². The second-order valence-corrected chi connectivity index (χ2v) is 6.80. The molecule has 24 heavy (non-hydrogen) atoms. The van der Waals surface area contributed by atoms with E-state index in [0.29, 0.717) is 5.69 Å². The van der Waals surface area contributed by atoms with Gasteiger partial charge in [0.2, 0.25) is 0 Å². The lowest BCUT2D eigenvalue weighted by molar-refractivity contribution is -0.122. The molecule has 0 unspecified atom stereocenters. The minimum atomic E-state index is -4.04. The van der Waals surface area contributed by atoms with E-state index in [1.165, 1.54) is 18.2 Å². The third kappa shape index (κ3) is 4.78. The van der Waals surface area contributed by atoms with E-state index in [0.717, 1.165) is 5.56 Å². The van der Waals surface area contributed by atoms with Crippen LogP contribution in [0.15, 0.2) is 72.1 Å². The number of hydrogen-bond acceptors (Lipinski definition) is 4. The predicted octanol–water partition coefficient (Wildman–Crippen LogP) is 3.28. The van der Waals surface area contributed by atoms with Crippen molar-refractivity contribution in [1.29, 1.82) is 0 Å². The van der Waals surface area contributed by atoms with E-state index in [1.807, 2.05) is 13.0 Å². The number of anilines is 1. The number of amides is 1. The van der Waals surface area contributed by atoms with Gasteiger partial charge >= 0.3 is 0 Å². The Morgan fingerprint density at radius 3 is 2.38 bits per heavy atom. The Bertz CT molecular complexity index is 799. The quantitative estimate of drug-likeness (QED) is 0.617. The van der Waals surface area contributed by atoms with Gasteiger partial charge in [0.15, 0.2) is 6.10 Å². The van der Waals surface area contributed by atoms with Gasteiger partial charge < -0.3 is 5.32 Å². The minimum absolute atomic E-state index is 0.00896. The van der Waals surface area contributed by atoms with Gasteiger partial charge in [0.05, 0.1) is 4.90 Å². The molecule has 1 atom stereocenters. The summed E-state index contributed by atoms with van der Waals surface area (Å²) in [6.45, 7) is 5.40. The second kappa shape index (κ2) is 7.90. The molecule has 1 N–H and O–H groups in total. The Morgan fingerprint density at radius 2 is 1.79 bits per heavy atom. The van der Waals surface area contributed by atoms with Crippen LogP contribution in [-0.2, 0) is 19.1 Å². The van der Waals surface area contributed by atoms with Crippen LogP contribution in [0.25, 0.3) is 0 Å². The zero-order valence-corrected chi connectivity index (χ0v) is 14.1. The molecule has 1 amide bonds. The van der Waals surface area contributed by atoms with Crippen LogP contribution in [0.3, 0.4) is 0 Å². The Morgan fingerprint density at radius 1 is 1.17 bits per heavy atom. The monoisotopic (exact) mass is 345 g/mol. The van der Waals surface area contributed by atoms with Gasteiger partial charge in [-0.2, -0.15) is 8.42 Å². The maximum atomic E-state index is 12.3. The summed E-state index contributed by atoms with van der Waals surface area (Å²) in [5, 5.41) is 2.63. The molecule has 0 bridgehead atoms. The average Bonchev–Trinajstić information content (AvgIpc) is 2.55. The lowest BCUT2D eigenvalue weighted by Crippen LogP contribution is -2.32. The van der Waals surface area contributed by atoms with Crippen LogP contribution in [0.1, 0.15) is 12.0 Å². The third-order valence-corrected chi connectivity index (χ3v) is 4.60. The highest BCUT2D eigenvalue weighted by Gasteiger charge is 2.26. The van der Waals surface area contributed by atoms with Gasteiger partial charge in [0, 0.05) is 12.1 Å². The molecule has 6 heteroatoms. The number of carbonyl (C=O) groups excluding carboxylic acids is 1. The van der Waals surface area contributed by atoms with Crippen molar-refractivity contribution in [3.05, 3.63) is 72.8 Å². The van der Waals surface area contributed by atoms with Crippen LogP contribution < -0.4 is 5.32 Å². The topological polar surface area (TPSA) is 72.5 Å². The van der Waals surface area contributed by atoms with Gasteiger partial charge in [0.1, 0.15) is 0 Å². The summed E-state index contributed by atoms with van der Waals surface area (Å²) in [4.78, 5) is 12.3. The SMILES string of the molecule is C=CC[C@H](OS(=O)(=O)c1ccc(C)cc1)C(=O)Nc1ccccc1. The van der Waals surface area contributed by atoms with Gasteiger partial charge in [0.25, 0.3) is 16.0 Å². The van der Waals surface area contributed by atoms with Gasteiger partial charge in [-0.3, -0.25) is 8.98 Å². The van der Waals surface area contributed by atoms with Crippen molar-refractivity contribution < 1.29 is 17.4 Å². The first-order valence-corrected chi connectivity index (χ1v) is 8.80. The normalized spacial score (nSPS) is 12.4. The van der Waals surface area contributed by atoms with Crippen molar-refractivity contribution in [2.75, 3.05) is 5.32 Å². The van der Waals surface area contributed by atoms with E-state index >= 15 is 0 Å². The van der Waals surface area contributed by atoms with Crippen LogP contribution in [0.2, 0.25) is 0 Å². The zero-order chi connectivity index (χ0) is 17.6. The number of hydrogen-bond donors (Lipinski definition) is 1. The fourth-order valence-electron chi connectivity index (χ4n) is 2.00. The Balaban J connectivity index is 2.16. The standard InChI is InChI=1S/C18H19NO4S/c1-3-7-17(18(20)19-15-8-5-4-6-9-15)23-24(21,22)16-12-10-14(2)11-13-16/h3-6,8-13,17H,1,7H2,2H3,(H,19,20)/t17-/m0/s1. The number of nitrogens with one attached hydrogen (secondary N) is 1. The zero-order valence-electron chi connectivity index (χ0n) is 13.3. The van der Waals surface area contributed by atoms with Gasteiger partial charge in [-0.15, -0.1) is 6.58 Å². The van der Waals surface area contributed by atoms with Gasteiger partial charge in [-0.1, -0.05) is 42.0 Å². The molecule has 126 valence electrons. The fraction of sp³-hybridized carbons (Fsp3) is 0.167. The van der Waals surface area contributed by atoms with E-state index < -0.39 is 22.1 Å². The first-order chi connectivity index (χ1) is 11.4. The summed E-state index contributed by atoms with van der Waals surface area (Å²) in [5.41, 5.74) is 1.49. The van der Waals surface area contributed by atoms with Crippen LogP contribution >= 0.6 is 0 Å². The van der Waals surface area contributed by atoms with E-state index in [4.69, 9.17) is 4.18 Å². The van der Waals surface area contributed by atoms with Crippen LogP contribution in [0, 0.1) is 6.92 Å². The molecule has 0 aromatic heterocycles. The largest absolute Gasteiger partial charge is 0.324 e. The maximum absolute atomic E-state index is 12.3. The minimum Gasteiger partial charge on any atom is -0.324 e. The van der Waals surface area contributed by atoms with E-state index in [9.17, 15) is 13.2 Å². The summed E-state index contributed by atoms with van der Waals surface area (Å²) >= 11 is 0. The van der Waals surface area contributed by atoms with Crippen molar-refractivity contribution in [3.8, 4) is 0 Å². The Kier molecular flexibility index (Phi) is 5.89. The maximum Gasteiger partial charge on any atom is 0.297 e. The van der Waals surface area contributed by atoms with Crippen molar-refractivity contribution >= 4 is 21.7 Å². The molecule has 0 fully saturated rings. The van der Waals surface area contributed by atoms with E-state index in [2.05, 4.69) is 11.9 Å². The number of carbonyl (C=O) groups is 1. The van der Waals surface area contributed by atoms with Crippen molar-refractivity contribution in [2.45, 2.75) is 24.3 Å². The first kappa shape index (κ1) is 17.9. The van der Waals surface area contributed by atoms with Gasteiger partial charge in [-0.25, -0.2) is 0 Å². The van der Waals surface area contributed by atoms with Crippen LogP contribution in [-0.4, -0.2) is 20.4 Å². The second-order valence-electron chi connectivity index (χ2n) is 5.23. The Hall–Kier alpha value is -2.44. The number of rotatable bonds is 7. The number of aryl methyl sites for hydroxylation is 1. The molecule has 2 aromatic rings. The molecule has 0 saturated heterocycles. The van der Waals surface area contributed by atoms with Crippen molar-refractivity contribution in [2.24, 2.45) is 0 Å². The summed E-state index contributed by atoms with van der Waals surface area (Å²) < 4.78 is 29.8. The molecular weight excluding hydrogens is 326 g/mol. The Labute approximate surface area is 142 Å². The fourth-order valence-corrected chi connectivity index (χ4v) is 3.05. The summed E-state index contributed by atoms with van der Waals surface area (Å²) in [6.07, 6.45) is 0.331. The molecule has 0 radical (unpaired) electrons. The summed E-state index contributed by atoms with van der Waals surface area (Å²) in [5.74, 6) is -0.545. The molecule has 2 rings (SSSR count). The van der Waals surface area contributed by atoms with Crippen molar-refractivity contribution in [3.63, 3.8) is 0 Å². The van der Waals surface area contributed by atoms with E-state index in [-0.39, 0.29) is 11.3 Å². The summed E-state index contributed by atoms with van der Waals surface area (Å²) in [7, 11) is -4.04. The highest BCUT2D eigenvalue weighted by molar-refractivity contribution is 7.86. The smallest absolute Gasteiger partial charge is 0.297 e. The lowest BCUT2D eigenvalue weighted by Gasteiger charge is -2.16. The molecule has 5 nitrogen and oxygen atoms in total. The molecule has 0 saturated carbocycles. The molecule has 0 aliphatic carbocycles. The third-order valence-electron chi connectivity index (χ3n) is 3.27. The first-order valence-electron chi connectivity index (χ1n) is 7.39. The number of benzene rings is 2. The highest BCUT2D eigenvalue weighted by atomic mass is 32.2. The number of para-hydroxylation sites is 1. The van der Waals surface area contributed by atoms with E-state index in [1.54, 1.807) is 36.4 Å². The summed E-state index contributed by atoms with van der Waals surface area (Å²) in [6, 6.07) is 15.0. The lowest BCUT2D eigenvalue weighted by atomic mass is 10.2. The van der Waals surface area contributed by atoms with Crippen molar-refractivity contribution in [1.82, 2.24) is 0 Å². The van der Waals surface area contributed by atoms with Gasteiger partial charge in [-0.05, 0) is 31.2 Å². The molecule has 0 aliphatic heterocycles. The average molecular weight is 345 g/mol. The van der Waals surface area contributed by atoms with Crippen LogP contribution in [0.4, 0.5) is 5.69 Å². The molecule has 0 aliphatic rings. The molecule has 2 aromatic carbocycles. The molecule has 0 spiro atoms. The highest BCUT2D eigenvalue weighted by Crippen LogP contribution is 2.18. The molecule has 0 heterocycles. The molecular formula is C18H19NO4S.